The lowest BCUT2D eigenvalue weighted by atomic mass is 9.88. The van der Waals surface area contributed by atoms with Crippen molar-refractivity contribution >= 4 is 16.7 Å². The van der Waals surface area contributed by atoms with E-state index in [1.807, 2.05) is 12.1 Å². The van der Waals surface area contributed by atoms with Gasteiger partial charge < -0.3 is 10.2 Å². The molecule has 0 bridgehead atoms. The van der Waals surface area contributed by atoms with Crippen LogP contribution in [0.15, 0.2) is 30.3 Å². The summed E-state index contributed by atoms with van der Waals surface area (Å²) in [5.74, 6) is -0.391. The molecule has 1 fully saturated rings. The Morgan fingerprint density at radius 3 is 2.47 bits per heavy atom. The molecule has 0 amide bonds. The van der Waals surface area contributed by atoms with Crippen LogP contribution in [0.1, 0.15) is 47.5 Å². The first-order valence-electron chi connectivity index (χ1n) is 6.66. The topological polar surface area (TPSA) is 57.5 Å². The molecule has 2 N–H and O–H groups in total. The van der Waals surface area contributed by atoms with E-state index in [1.165, 1.54) is 0 Å². The van der Waals surface area contributed by atoms with E-state index < -0.39 is 5.97 Å². The van der Waals surface area contributed by atoms with E-state index in [0.717, 1.165) is 42.0 Å². The minimum Gasteiger partial charge on any atom is -0.508 e. The smallest absolute Gasteiger partial charge is 0.335 e. The maximum atomic E-state index is 11.4. The highest BCUT2D eigenvalue weighted by molar-refractivity contribution is 5.98. The molecule has 1 aliphatic rings. The standard InChI is InChI=1S/C16H16O3/c17-12-7-5-10-6-8-13(16(18)19)15(14(10)9-12)11-3-1-2-4-11/h5-9,11,17H,1-4H2,(H,18,19). The average Bonchev–Trinajstić information content (AvgIpc) is 2.90. The van der Waals surface area contributed by atoms with Gasteiger partial charge in [-0.25, -0.2) is 4.79 Å². The molecule has 3 nitrogen and oxygen atoms in total. The van der Waals surface area contributed by atoms with Crippen LogP contribution in [0.5, 0.6) is 5.75 Å². The highest BCUT2D eigenvalue weighted by Gasteiger charge is 2.24. The summed E-state index contributed by atoms with van der Waals surface area (Å²) >= 11 is 0. The quantitative estimate of drug-likeness (QED) is 0.856. The molecular formula is C16H16O3. The molecule has 98 valence electrons. The van der Waals surface area contributed by atoms with Gasteiger partial charge in [0.05, 0.1) is 5.56 Å². The molecule has 3 rings (SSSR count). The zero-order valence-electron chi connectivity index (χ0n) is 10.6. The Balaban J connectivity index is 2.30. The van der Waals surface area contributed by atoms with Crippen LogP contribution in [-0.2, 0) is 0 Å². The van der Waals surface area contributed by atoms with Gasteiger partial charge in [-0.05, 0) is 53.3 Å². The number of carboxylic acid groups (broad SMARTS) is 1. The third-order valence-corrected chi connectivity index (χ3v) is 4.04. The van der Waals surface area contributed by atoms with Gasteiger partial charge in [0, 0.05) is 0 Å². The Bertz CT molecular complexity index is 640. The number of rotatable bonds is 2. The molecule has 2 aromatic carbocycles. The average molecular weight is 256 g/mol. The van der Waals surface area contributed by atoms with Crippen molar-refractivity contribution in [1.29, 1.82) is 0 Å². The zero-order valence-corrected chi connectivity index (χ0v) is 10.6. The van der Waals surface area contributed by atoms with Crippen LogP contribution in [0.2, 0.25) is 0 Å². The van der Waals surface area contributed by atoms with Gasteiger partial charge in [-0.15, -0.1) is 0 Å². The summed E-state index contributed by atoms with van der Waals surface area (Å²) in [6, 6.07) is 8.68. The molecule has 3 heteroatoms. The van der Waals surface area contributed by atoms with Crippen molar-refractivity contribution in [2.45, 2.75) is 31.6 Å². The van der Waals surface area contributed by atoms with Crippen LogP contribution in [0.3, 0.4) is 0 Å². The third-order valence-electron chi connectivity index (χ3n) is 4.04. The number of hydrogen-bond donors (Lipinski definition) is 2. The molecule has 0 radical (unpaired) electrons. The minimum absolute atomic E-state index is 0.189. The van der Waals surface area contributed by atoms with Gasteiger partial charge in [-0.2, -0.15) is 0 Å². The van der Waals surface area contributed by atoms with Crippen LogP contribution in [0.25, 0.3) is 10.8 Å². The molecular weight excluding hydrogens is 240 g/mol. The third kappa shape index (κ3) is 2.05. The van der Waals surface area contributed by atoms with Crippen LogP contribution in [-0.4, -0.2) is 16.2 Å². The summed E-state index contributed by atoms with van der Waals surface area (Å²) < 4.78 is 0. The maximum absolute atomic E-state index is 11.4. The van der Waals surface area contributed by atoms with Gasteiger partial charge in [0.25, 0.3) is 0 Å². The van der Waals surface area contributed by atoms with E-state index in [1.54, 1.807) is 18.2 Å². The first-order valence-corrected chi connectivity index (χ1v) is 6.66. The Morgan fingerprint density at radius 1 is 1.11 bits per heavy atom. The molecule has 2 aromatic rings. The van der Waals surface area contributed by atoms with E-state index in [9.17, 15) is 15.0 Å². The number of aromatic carboxylic acids is 1. The number of benzene rings is 2. The van der Waals surface area contributed by atoms with Crippen molar-refractivity contribution < 1.29 is 15.0 Å². The number of carbonyl (C=O) groups is 1. The van der Waals surface area contributed by atoms with Crippen molar-refractivity contribution in [1.82, 2.24) is 0 Å². The van der Waals surface area contributed by atoms with Gasteiger partial charge in [-0.1, -0.05) is 25.0 Å². The summed E-state index contributed by atoms with van der Waals surface area (Å²) in [5.41, 5.74) is 1.28. The molecule has 0 saturated heterocycles. The van der Waals surface area contributed by atoms with E-state index in [-0.39, 0.29) is 5.75 Å². The fourth-order valence-electron chi connectivity index (χ4n) is 3.17. The van der Waals surface area contributed by atoms with Crippen molar-refractivity contribution in [2.75, 3.05) is 0 Å². The largest absolute Gasteiger partial charge is 0.508 e. The molecule has 0 spiro atoms. The number of phenols is 1. The van der Waals surface area contributed by atoms with E-state index in [4.69, 9.17) is 0 Å². The second-order valence-corrected chi connectivity index (χ2v) is 5.22. The predicted octanol–water partition coefficient (Wildman–Crippen LogP) is 3.90. The summed E-state index contributed by atoms with van der Waals surface area (Å²) in [6.07, 6.45) is 4.38. The summed E-state index contributed by atoms with van der Waals surface area (Å²) in [5, 5.41) is 20.9. The van der Waals surface area contributed by atoms with Crippen molar-refractivity contribution in [3.63, 3.8) is 0 Å². The highest BCUT2D eigenvalue weighted by atomic mass is 16.4. The van der Waals surface area contributed by atoms with Gasteiger partial charge in [0.15, 0.2) is 0 Å². The second kappa shape index (κ2) is 4.57. The number of fused-ring (bicyclic) bond motifs is 1. The number of aromatic hydroxyl groups is 1. The van der Waals surface area contributed by atoms with Gasteiger partial charge in [0.2, 0.25) is 0 Å². The predicted molar refractivity (Wildman–Crippen MR) is 73.8 cm³/mol. The monoisotopic (exact) mass is 256 g/mol. The van der Waals surface area contributed by atoms with Crippen LogP contribution in [0.4, 0.5) is 0 Å². The number of phenolic OH excluding ortho intramolecular Hbond substituents is 1. The fraction of sp³-hybridized carbons (Fsp3) is 0.312. The highest BCUT2D eigenvalue weighted by Crippen LogP contribution is 2.40. The first-order chi connectivity index (χ1) is 9.16. The van der Waals surface area contributed by atoms with Gasteiger partial charge in [0.1, 0.15) is 5.75 Å². The molecule has 1 aliphatic carbocycles. The Labute approximate surface area is 111 Å². The maximum Gasteiger partial charge on any atom is 0.335 e. The second-order valence-electron chi connectivity index (χ2n) is 5.22. The van der Waals surface area contributed by atoms with Crippen LogP contribution in [0, 0.1) is 0 Å². The van der Waals surface area contributed by atoms with Gasteiger partial charge >= 0.3 is 5.97 Å². The van der Waals surface area contributed by atoms with E-state index in [2.05, 4.69) is 0 Å². The normalized spacial score (nSPS) is 16.0. The van der Waals surface area contributed by atoms with E-state index in [0.29, 0.717) is 11.5 Å². The lowest BCUT2D eigenvalue weighted by Gasteiger charge is -2.16. The number of carboxylic acids is 1. The van der Waals surface area contributed by atoms with E-state index >= 15 is 0 Å². The summed E-state index contributed by atoms with van der Waals surface area (Å²) in [4.78, 5) is 11.4. The lowest BCUT2D eigenvalue weighted by molar-refractivity contribution is 0.0695. The van der Waals surface area contributed by atoms with Crippen molar-refractivity contribution in [3.8, 4) is 5.75 Å². The molecule has 0 atom stereocenters. The number of hydrogen-bond acceptors (Lipinski definition) is 2. The Kier molecular flexibility index (Phi) is 2.90. The van der Waals surface area contributed by atoms with Crippen LogP contribution >= 0.6 is 0 Å². The van der Waals surface area contributed by atoms with Crippen molar-refractivity contribution in [2.24, 2.45) is 0 Å². The lowest BCUT2D eigenvalue weighted by Crippen LogP contribution is -2.06. The zero-order chi connectivity index (χ0) is 13.4. The molecule has 0 aromatic heterocycles. The first kappa shape index (κ1) is 12.0. The molecule has 19 heavy (non-hydrogen) atoms. The molecule has 1 saturated carbocycles. The van der Waals surface area contributed by atoms with Gasteiger partial charge in [-0.3, -0.25) is 0 Å². The molecule has 0 unspecified atom stereocenters. The SMILES string of the molecule is O=C(O)c1ccc2ccc(O)cc2c1C1CCCC1. The minimum atomic E-state index is -0.882. The molecule has 0 aliphatic heterocycles. The summed E-state index contributed by atoms with van der Waals surface area (Å²) in [7, 11) is 0. The Morgan fingerprint density at radius 2 is 1.79 bits per heavy atom. The van der Waals surface area contributed by atoms with Crippen LogP contribution < -0.4 is 0 Å². The fourth-order valence-corrected chi connectivity index (χ4v) is 3.17. The summed E-state index contributed by atoms with van der Waals surface area (Å²) in [6.45, 7) is 0. The van der Waals surface area contributed by atoms with Crippen molar-refractivity contribution in [3.05, 3.63) is 41.5 Å². The molecule has 0 heterocycles. The Hall–Kier alpha value is -2.03.